The fourth-order valence-corrected chi connectivity index (χ4v) is 8.21. The second-order valence-electron chi connectivity index (χ2n) is 11.9. The van der Waals surface area contributed by atoms with Gasteiger partial charge in [-0.3, -0.25) is 4.40 Å². The Morgan fingerprint density at radius 2 is 1.19 bits per heavy atom. The molecule has 0 saturated heterocycles. The quantitative estimate of drug-likeness (QED) is 0.143. The summed E-state index contributed by atoms with van der Waals surface area (Å²) in [6.45, 7) is 0. The van der Waals surface area contributed by atoms with Gasteiger partial charge in [0.2, 0.25) is 11.9 Å². The summed E-state index contributed by atoms with van der Waals surface area (Å²) in [5, 5.41) is 4.68. The molecule has 0 bridgehead atoms. The summed E-state index contributed by atoms with van der Waals surface area (Å²) in [5.41, 5.74) is 8.78. The average Bonchev–Trinajstić information content (AvgIpc) is 3.67. The Hall–Kier alpha value is -6.05. The van der Waals surface area contributed by atoms with Gasteiger partial charge in [-0.15, -0.1) is 0 Å². The number of pyridine rings is 2. The predicted molar refractivity (Wildman–Crippen MR) is 192 cm³/mol. The number of hydrogen-bond acceptors (Lipinski definition) is 4. The summed E-state index contributed by atoms with van der Waals surface area (Å²) in [7, 11) is 0. The number of hydrogen-bond donors (Lipinski definition) is 0. The molecule has 0 unspecified atom stereocenters. The standard InChI is InChI=1S/C41H22F2N4S/c42-34-21-19-30(40(43)45-34)36-27-14-6-4-12-25(27)35(26-13-5-7-15-28(26)36)24-18-20-33-32(22-24)47-39-37(23-10-2-1-3-11-23)44-31-17-9-8-16-29(31)38(39)46-41(47)48-33/h1-22H. The fraction of sp³-hybridized carbons (Fsp3) is 0. The lowest BCUT2D eigenvalue weighted by molar-refractivity contribution is 0.515. The van der Waals surface area contributed by atoms with E-state index in [0.29, 0.717) is 5.56 Å². The molecule has 0 saturated carbocycles. The van der Waals surface area contributed by atoms with Crippen molar-refractivity contribution in [1.29, 1.82) is 0 Å². The molecular formula is C41H22F2N4S. The molecule has 4 aromatic heterocycles. The van der Waals surface area contributed by atoms with Crippen molar-refractivity contribution in [3.05, 3.63) is 145 Å². The van der Waals surface area contributed by atoms with Crippen molar-refractivity contribution in [2.75, 3.05) is 0 Å². The highest BCUT2D eigenvalue weighted by molar-refractivity contribution is 7.23. The van der Waals surface area contributed by atoms with Crippen LogP contribution in [0.15, 0.2) is 133 Å². The molecule has 0 aliphatic carbocycles. The third-order valence-electron chi connectivity index (χ3n) is 9.21. The summed E-state index contributed by atoms with van der Waals surface area (Å²) in [5.74, 6) is -1.68. The Bertz CT molecular complexity index is 2870. The smallest absolute Gasteiger partial charge is 0.223 e. The number of halogens is 2. The van der Waals surface area contributed by atoms with Gasteiger partial charge >= 0.3 is 0 Å². The monoisotopic (exact) mass is 640 g/mol. The van der Waals surface area contributed by atoms with Gasteiger partial charge in [0.1, 0.15) is 11.0 Å². The van der Waals surface area contributed by atoms with E-state index in [9.17, 15) is 4.39 Å². The zero-order valence-corrected chi connectivity index (χ0v) is 26.0. The number of rotatable bonds is 3. The minimum atomic E-state index is -0.845. The van der Waals surface area contributed by atoms with Crippen LogP contribution in [-0.2, 0) is 0 Å². The number of aromatic nitrogens is 4. The van der Waals surface area contributed by atoms with Crippen LogP contribution in [0.25, 0.3) is 92.2 Å². The van der Waals surface area contributed by atoms with Crippen molar-refractivity contribution in [3.8, 4) is 33.5 Å². The topological polar surface area (TPSA) is 43.1 Å². The maximum Gasteiger partial charge on any atom is 0.223 e. The first-order valence-electron chi connectivity index (χ1n) is 15.6. The Morgan fingerprint density at radius 1 is 0.542 bits per heavy atom. The zero-order chi connectivity index (χ0) is 31.9. The first-order chi connectivity index (χ1) is 23.6. The van der Waals surface area contributed by atoms with E-state index in [1.165, 1.54) is 12.1 Å². The highest BCUT2D eigenvalue weighted by Gasteiger charge is 2.22. The van der Waals surface area contributed by atoms with Crippen molar-refractivity contribution in [3.63, 3.8) is 0 Å². The Labute approximate surface area is 276 Å². The zero-order valence-electron chi connectivity index (χ0n) is 25.2. The molecule has 6 aromatic carbocycles. The van der Waals surface area contributed by atoms with Crippen LogP contribution in [0, 0.1) is 11.9 Å². The van der Waals surface area contributed by atoms with Gasteiger partial charge in [0.25, 0.3) is 0 Å². The van der Waals surface area contributed by atoms with E-state index < -0.39 is 11.9 Å². The molecule has 0 radical (unpaired) electrons. The normalized spacial score (nSPS) is 12.0. The van der Waals surface area contributed by atoms with Gasteiger partial charge in [-0.1, -0.05) is 114 Å². The van der Waals surface area contributed by atoms with Crippen LogP contribution in [0.1, 0.15) is 0 Å². The molecule has 0 aliphatic rings. The summed E-state index contributed by atoms with van der Waals surface area (Å²) in [6.07, 6.45) is 0. The minimum absolute atomic E-state index is 0.267. The van der Waals surface area contributed by atoms with Gasteiger partial charge in [0.15, 0.2) is 4.96 Å². The number of benzene rings is 6. The average molecular weight is 641 g/mol. The number of imidazole rings is 1. The molecule has 226 valence electrons. The van der Waals surface area contributed by atoms with Crippen molar-refractivity contribution < 1.29 is 8.78 Å². The maximum atomic E-state index is 15.3. The molecule has 0 atom stereocenters. The van der Waals surface area contributed by atoms with E-state index in [4.69, 9.17) is 9.97 Å². The lowest BCUT2D eigenvalue weighted by atomic mass is 9.86. The van der Waals surface area contributed by atoms with E-state index in [1.54, 1.807) is 11.3 Å². The number of para-hydroxylation sites is 1. The third-order valence-corrected chi connectivity index (χ3v) is 10.2. The molecule has 0 aliphatic heterocycles. The van der Waals surface area contributed by atoms with E-state index in [-0.39, 0.29) is 5.56 Å². The summed E-state index contributed by atoms with van der Waals surface area (Å²) in [6, 6.07) is 43.7. The van der Waals surface area contributed by atoms with E-state index >= 15 is 4.39 Å². The molecule has 10 rings (SSSR count). The van der Waals surface area contributed by atoms with Gasteiger partial charge in [0.05, 0.1) is 21.4 Å². The molecule has 4 nitrogen and oxygen atoms in total. The van der Waals surface area contributed by atoms with E-state index in [0.717, 1.165) is 81.0 Å². The van der Waals surface area contributed by atoms with Crippen molar-refractivity contribution in [2.45, 2.75) is 0 Å². The van der Waals surface area contributed by atoms with Crippen molar-refractivity contribution in [1.82, 2.24) is 19.4 Å². The van der Waals surface area contributed by atoms with Crippen LogP contribution in [0.5, 0.6) is 0 Å². The lowest BCUT2D eigenvalue weighted by Gasteiger charge is -2.18. The Kier molecular flexibility index (Phi) is 5.77. The molecule has 7 heteroatoms. The third kappa shape index (κ3) is 3.88. The molecule has 10 aromatic rings. The molecule has 0 spiro atoms. The lowest BCUT2D eigenvalue weighted by Crippen LogP contribution is -1.96. The predicted octanol–water partition coefficient (Wildman–Crippen LogP) is 11.2. The first kappa shape index (κ1) is 27.1. The maximum absolute atomic E-state index is 15.3. The van der Waals surface area contributed by atoms with Crippen LogP contribution >= 0.6 is 11.3 Å². The van der Waals surface area contributed by atoms with Gasteiger partial charge in [0, 0.05) is 22.1 Å². The van der Waals surface area contributed by atoms with Crippen LogP contribution in [0.4, 0.5) is 8.78 Å². The molecular weight excluding hydrogens is 619 g/mol. The Morgan fingerprint density at radius 3 is 1.90 bits per heavy atom. The minimum Gasteiger partial charge on any atom is -0.281 e. The van der Waals surface area contributed by atoms with Gasteiger partial charge in [-0.2, -0.15) is 13.8 Å². The van der Waals surface area contributed by atoms with Crippen LogP contribution in [0.3, 0.4) is 0 Å². The number of nitrogens with zero attached hydrogens (tertiary/aromatic N) is 4. The molecule has 0 amide bonds. The van der Waals surface area contributed by atoms with E-state index in [2.05, 4.69) is 57.9 Å². The van der Waals surface area contributed by atoms with Crippen molar-refractivity contribution >= 4 is 70.0 Å². The van der Waals surface area contributed by atoms with Crippen molar-refractivity contribution in [2.24, 2.45) is 0 Å². The Balaban J connectivity index is 1.31. The number of fused-ring (bicyclic) bond motifs is 9. The van der Waals surface area contributed by atoms with Gasteiger partial charge in [-0.05, 0) is 63.0 Å². The molecule has 0 fully saturated rings. The highest BCUT2D eigenvalue weighted by atomic mass is 32.1. The second-order valence-corrected chi connectivity index (χ2v) is 12.9. The van der Waals surface area contributed by atoms with Gasteiger partial charge < -0.3 is 0 Å². The fourth-order valence-electron chi connectivity index (χ4n) is 7.20. The largest absolute Gasteiger partial charge is 0.281 e. The molecule has 0 N–H and O–H groups in total. The molecule has 48 heavy (non-hydrogen) atoms. The summed E-state index contributed by atoms with van der Waals surface area (Å²) < 4.78 is 32.5. The molecule has 4 heterocycles. The first-order valence-corrected chi connectivity index (χ1v) is 16.4. The van der Waals surface area contributed by atoms with Gasteiger partial charge in [-0.25, -0.2) is 9.97 Å². The second kappa shape index (κ2) is 10.2. The summed E-state index contributed by atoms with van der Waals surface area (Å²) >= 11 is 1.66. The van der Waals surface area contributed by atoms with Crippen LogP contribution in [0.2, 0.25) is 0 Å². The SMILES string of the molecule is Fc1ccc(-c2c3ccccc3c(-c3ccc4sc5nc6c7ccccc7nc(-c7ccccc7)c6n5c4c3)c3ccccc23)c(F)n1. The van der Waals surface area contributed by atoms with Crippen LogP contribution in [-0.4, -0.2) is 19.4 Å². The highest BCUT2D eigenvalue weighted by Crippen LogP contribution is 2.45. The van der Waals surface area contributed by atoms with E-state index in [1.807, 2.05) is 72.8 Å². The van der Waals surface area contributed by atoms with Crippen LogP contribution < -0.4 is 0 Å². The number of thiazole rings is 1. The summed E-state index contributed by atoms with van der Waals surface area (Å²) in [4.78, 5) is 14.8.